The Bertz CT molecular complexity index is 1750. The monoisotopic (exact) mass is 595 g/mol. The molecule has 0 fully saturated rings. The van der Waals surface area contributed by atoms with E-state index in [1.807, 2.05) is 66.7 Å². The summed E-state index contributed by atoms with van der Waals surface area (Å²) in [5.74, 6) is 1.51. The average molecular weight is 596 g/mol. The van der Waals surface area contributed by atoms with Crippen LogP contribution >= 0.6 is 0 Å². The van der Waals surface area contributed by atoms with Crippen molar-refractivity contribution >= 4 is 15.7 Å². The summed E-state index contributed by atoms with van der Waals surface area (Å²) in [4.78, 5) is 4.36. The maximum Gasteiger partial charge on any atom is 0.243 e. The number of sulfonamides is 1. The molecule has 0 unspecified atom stereocenters. The number of pyridine rings is 1. The first-order chi connectivity index (χ1) is 20.8. The number of methoxy groups -OCH3 is 3. The van der Waals surface area contributed by atoms with E-state index in [1.54, 1.807) is 64.1 Å². The molecule has 2 N–H and O–H groups in total. The van der Waals surface area contributed by atoms with Gasteiger partial charge >= 0.3 is 0 Å². The lowest BCUT2D eigenvalue weighted by Gasteiger charge is -2.23. The lowest BCUT2D eigenvalue weighted by atomic mass is 10.0. The van der Waals surface area contributed by atoms with Gasteiger partial charge in [0.2, 0.25) is 15.8 Å². The van der Waals surface area contributed by atoms with Crippen LogP contribution in [0.1, 0.15) is 11.1 Å². The molecule has 0 spiro atoms. The molecule has 0 aliphatic rings. The SMILES string of the molecule is COc1cc(-c2ccc(S(=O)(=O)N(Cc3ccc(-c4ccc(N)cc4)cc3)Cc3cccnc3)cc2)cc(OC)c1OC. The predicted molar refractivity (Wildman–Crippen MR) is 168 cm³/mol. The maximum absolute atomic E-state index is 14.0. The van der Waals surface area contributed by atoms with Crippen LogP contribution in [0.25, 0.3) is 22.3 Å². The summed E-state index contributed by atoms with van der Waals surface area (Å²) in [6.45, 7) is 0.360. The first-order valence-electron chi connectivity index (χ1n) is 13.6. The molecule has 220 valence electrons. The second kappa shape index (κ2) is 13.0. The molecule has 0 saturated carbocycles. The second-order valence-electron chi connectivity index (χ2n) is 9.89. The molecule has 4 aromatic carbocycles. The molecular weight excluding hydrogens is 562 g/mol. The third-order valence-electron chi connectivity index (χ3n) is 7.13. The Labute approximate surface area is 252 Å². The highest BCUT2D eigenvalue weighted by molar-refractivity contribution is 7.89. The van der Waals surface area contributed by atoms with Crippen LogP contribution < -0.4 is 19.9 Å². The van der Waals surface area contributed by atoms with E-state index >= 15 is 0 Å². The summed E-state index contributed by atoms with van der Waals surface area (Å²) < 4.78 is 45.9. The molecule has 9 heteroatoms. The van der Waals surface area contributed by atoms with Crippen molar-refractivity contribution in [3.63, 3.8) is 0 Å². The lowest BCUT2D eigenvalue weighted by molar-refractivity contribution is 0.324. The van der Waals surface area contributed by atoms with E-state index in [-0.39, 0.29) is 18.0 Å². The number of benzene rings is 4. The second-order valence-corrected chi connectivity index (χ2v) is 11.8. The zero-order valence-corrected chi connectivity index (χ0v) is 25.0. The van der Waals surface area contributed by atoms with E-state index in [0.717, 1.165) is 33.4 Å². The van der Waals surface area contributed by atoms with Crippen molar-refractivity contribution in [1.29, 1.82) is 0 Å². The fourth-order valence-electron chi connectivity index (χ4n) is 4.82. The number of nitrogens with zero attached hydrogens (tertiary/aromatic N) is 2. The van der Waals surface area contributed by atoms with Gasteiger partial charge in [0.25, 0.3) is 0 Å². The van der Waals surface area contributed by atoms with Crippen molar-refractivity contribution in [3.05, 3.63) is 121 Å². The van der Waals surface area contributed by atoms with Crippen LogP contribution in [0.4, 0.5) is 5.69 Å². The van der Waals surface area contributed by atoms with Crippen molar-refractivity contribution in [2.75, 3.05) is 27.1 Å². The number of aromatic nitrogens is 1. The Hall–Kier alpha value is -4.86. The van der Waals surface area contributed by atoms with Gasteiger partial charge in [-0.15, -0.1) is 0 Å². The van der Waals surface area contributed by atoms with E-state index in [1.165, 1.54) is 4.31 Å². The van der Waals surface area contributed by atoms with Gasteiger partial charge < -0.3 is 19.9 Å². The fourth-order valence-corrected chi connectivity index (χ4v) is 6.24. The van der Waals surface area contributed by atoms with Crippen molar-refractivity contribution < 1.29 is 22.6 Å². The van der Waals surface area contributed by atoms with Gasteiger partial charge in [-0.25, -0.2) is 8.42 Å². The van der Waals surface area contributed by atoms with Crippen LogP contribution in [0.5, 0.6) is 17.2 Å². The van der Waals surface area contributed by atoms with Crippen molar-refractivity contribution in [2.24, 2.45) is 0 Å². The number of hydrogen-bond acceptors (Lipinski definition) is 7. The number of hydrogen-bond donors (Lipinski definition) is 1. The van der Waals surface area contributed by atoms with Gasteiger partial charge in [0, 0.05) is 31.2 Å². The Morgan fingerprint density at radius 1 is 0.674 bits per heavy atom. The van der Waals surface area contributed by atoms with Crippen molar-refractivity contribution in [3.8, 4) is 39.5 Å². The van der Waals surface area contributed by atoms with Crippen LogP contribution in [0, 0.1) is 0 Å². The molecule has 0 aliphatic heterocycles. The standard InChI is InChI=1S/C34H33N3O5S/c1-40-32-19-29(20-33(41-2)34(32)42-3)28-12-16-31(17-13-28)43(38,39)37(23-25-5-4-18-36-21-25)22-24-6-8-26(9-7-24)27-10-14-30(35)15-11-27/h4-21H,22-23,35H2,1-3H3. The van der Waals surface area contributed by atoms with Crippen LogP contribution in [-0.4, -0.2) is 39.0 Å². The largest absolute Gasteiger partial charge is 0.493 e. The molecule has 5 rings (SSSR count). The summed E-state index contributed by atoms with van der Waals surface area (Å²) in [6.07, 6.45) is 3.35. The highest BCUT2D eigenvalue weighted by Gasteiger charge is 2.25. The van der Waals surface area contributed by atoms with Gasteiger partial charge in [-0.2, -0.15) is 4.31 Å². The molecule has 0 bridgehead atoms. The predicted octanol–water partition coefficient (Wildman–Crippen LogP) is 6.41. The highest BCUT2D eigenvalue weighted by atomic mass is 32.2. The first kappa shape index (κ1) is 29.6. The quantitative estimate of drug-likeness (QED) is 0.176. The van der Waals surface area contributed by atoms with Crippen molar-refractivity contribution in [1.82, 2.24) is 9.29 Å². The molecule has 0 atom stereocenters. The smallest absolute Gasteiger partial charge is 0.243 e. The molecule has 0 aliphatic carbocycles. The van der Waals surface area contributed by atoms with Crippen LogP contribution in [0.2, 0.25) is 0 Å². The van der Waals surface area contributed by atoms with Gasteiger partial charge in [0.05, 0.1) is 26.2 Å². The fraction of sp³-hybridized carbons (Fsp3) is 0.147. The van der Waals surface area contributed by atoms with Gasteiger partial charge in [0.1, 0.15) is 0 Å². The average Bonchev–Trinajstić information content (AvgIpc) is 3.05. The van der Waals surface area contributed by atoms with Gasteiger partial charge in [-0.05, 0) is 75.8 Å². The maximum atomic E-state index is 14.0. The van der Waals surface area contributed by atoms with E-state index in [4.69, 9.17) is 19.9 Å². The van der Waals surface area contributed by atoms with E-state index in [0.29, 0.717) is 22.9 Å². The molecule has 0 radical (unpaired) electrons. The molecule has 8 nitrogen and oxygen atoms in total. The topological polar surface area (TPSA) is 104 Å². The van der Waals surface area contributed by atoms with Crippen molar-refractivity contribution in [2.45, 2.75) is 18.0 Å². The Kier molecular flexibility index (Phi) is 8.94. The van der Waals surface area contributed by atoms with Gasteiger partial charge in [0.15, 0.2) is 11.5 Å². The summed E-state index contributed by atoms with van der Waals surface area (Å²) in [5, 5.41) is 0. The molecule has 1 aromatic heterocycles. The Morgan fingerprint density at radius 3 is 1.74 bits per heavy atom. The first-order valence-corrected chi connectivity index (χ1v) is 15.0. The van der Waals surface area contributed by atoms with Crippen LogP contribution in [-0.2, 0) is 23.1 Å². The highest BCUT2D eigenvalue weighted by Crippen LogP contribution is 2.41. The number of nitrogens with two attached hydrogens (primary N) is 1. The van der Waals surface area contributed by atoms with E-state index in [9.17, 15) is 8.42 Å². The zero-order valence-electron chi connectivity index (χ0n) is 24.2. The molecular formula is C34H33N3O5S. The Balaban J connectivity index is 1.44. The minimum Gasteiger partial charge on any atom is -0.493 e. The van der Waals surface area contributed by atoms with Crippen LogP contribution in [0.3, 0.4) is 0 Å². The number of nitrogen functional groups attached to an aromatic ring is 1. The van der Waals surface area contributed by atoms with Gasteiger partial charge in [-0.1, -0.05) is 54.6 Å². The summed E-state index contributed by atoms with van der Waals surface area (Å²) in [7, 11) is 0.779. The molecule has 5 aromatic rings. The summed E-state index contributed by atoms with van der Waals surface area (Å²) >= 11 is 0. The third kappa shape index (κ3) is 6.63. The number of anilines is 1. The molecule has 0 saturated heterocycles. The Morgan fingerprint density at radius 2 is 1.21 bits per heavy atom. The van der Waals surface area contributed by atoms with Crippen LogP contribution in [0.15, 0.2) is 114 Å². The molecule has 1 heterocycles. The zero-order chi connectivity index (χ0) is 30.4. The third-order valence-corrected chi connectivity index (χ3v) is 8.93. The minimum absolute atomic E-state index is 0.171. The minimum atomic E-state index is -3.88. The van der Waals surface area contributed by atoms with Gasteiger partial charge in [-0.3, -0.25) is 4.98 Å². The molecule has 43 heavy (non-hydrogen) atoms. The number of ether oxygens (including phenoxy) is 3. The normalized spacial score (nSPS) is 11.3. The lowest BCUT2D eigenvalue weighted by Crippen LogP contribution is -2.30. The van der Waals surface area contributed by atoms with E-state index in [2.05, 4.69) is 4.98 Å². The van der Waals surface area contributed by atoms with E-state index < -0.39 is 10.0 Å². The summed E-state index contributed by atoms with van der Waals surface area (Å²) in [6, 6.07) is 29.6. The number of rotatable bonds is 11. The summed E-state index contributed by atoms with van der Waals surface area (Å²) in [5.41, 5.74) is 11.8. The molecule has 0 amide bonds.